The van der Waals surface area contributed by atoms with E-state index in [0.29, 0.717) is 27.3 Å². The van der Waals surface area contributed by atoms with E-state index < -0.39 is 23.1 Å². The lowest BCUT2D eigenvalue weighted by Crippen LogP contribution is -2.53. The summed E-state index contributed by atoms with van der Waals surface area (Å²) in [6.07, 6.45) is -0.690. The minimum absolute atomic E-state index is 0.126. The second-order valence-corrected chi connectivity index (χ2v) is 9.00. The molecule has 0 radical (unpaired) electrons. The number of alkyl carbamates (subject to hydrolysis) is 1. The van der Waals surface area contributed by atoms with Crippen LogP contribution >= 0.6 is 23.4 Å². The highest BCUT2D eigenvalue weighted by molar-refractivity contribution is 8.15. The Balaban J connectivity index is 2.09. The first-order chi connectivity index (χ1) is 12.9. The van der Waals surface area contributed by atoms with Crippen molar-refractivity contribution < 1.29 is 19.1 Å². The number of carbonyl (C=O) groups is 3. The molecule has 1 aliphatic rings. The maximum absolute atomic E-state index is 12.6. The van der Waals surface area contributed by atoms with E-state index in [2.05, 4.69) is 20.9 Å². The van der Waals surface area contributed by atoms with E-state index in [0.717, 1.165) is 0 Å². The van der Waals surface area contributed by atoms with Gasteiger partial charge in [-0.3, -0.25) is 9.59 Å². The van der Waals surface area contributed by atoms with Crippen molar-refractivity contribution in [2.75, 3.05) is 11.1 Å². The highest BCUT2D eigenvalue weighted by Crippen LogP contribution is 2.30. The third-order valence-electron chi connectivity index (χ3n) is 3.39. The van der Waals surface area contributed by atoms with Crippen LogP contribution in [0.2, 0.25) is 5.02 Å². The number of anilines is 1. The molecular formula is C18H23ClN4O4S. The summed E-state index contributed by atoms with van der Waals surface area (Å²) in [6.45, 7) is 8.34. The molecule has 0 bridgehead atoms. The number of nitrogens with zero attached hydrogens (tertiary/aromatic N) is 1. The highest BCUT2D eigenvalue weighted by Gasteiger charge is 2.31. The van der Waals surface area contributed by atoms with Crippen LogP contribution in [0.1, 0.15) is 34.6 Å². The molecular weight excluding hydrogens is 404 g/mol. The van der Waals surface area contributed by atoms with Crippen LogP contribution in [0, 0.1) is 0 Å². The summed E-state index contributed by atoms with van der Waals surface area (Å²) in [5, 5.41) is 8.71. The monoisotopic (exact) mass is 426 g/mol. The zero-order chi connectivity index (χ0) is 21.1. The molecule has 1 aromatic carbocycles. The number of hydrogen-bond acceptors (Lipinski definition) is 6. The number of nitrogens with one attached hydrogen (secondary N) is 3. The molecule has 2 rings (SSSR count). The second kappa shape index (κ2) is 8.40. The van der Waals surface area contributed by atoms with Crippen LogP contribution in [-0.2, 0) is 14.3 Å². The summed E-state index contributed by atoms with van der Waals surface area (Å²) in [5.41, 5.74) is -1.04. The average molecular weight is 427 g/mol. The van der Waals surface area contributed by atoms with Crippen molar-refractivity contribution in [3.8, 4) is 0 Å². The SMILES string of the molecule is CC(C)(C)OC(=O)NC(C)(C)C(=O)Nc1ccc(Cl)c(N=C2NC(=O)CS2)c1. The first-order valence-electron chi connectivity index (χ1n) is 8.49. The minimum atomic E-state index is -1.22. The van der Waals surface area contributed by atoms with Crippen molar-refractivity contribution in [3.63, 3.8) is 0 Å². The molecule has 3 amide bonds. The second-order valence-electron chi connectivity index (χ2n) is 7.63. The van der Waals surface area contributed by atoms with E-state index >= 15 is 0 Å². The van der Waals surface area contributed by atoms with E-state index in [4.69, 9.17) is 16.3 Å². The van der Waals surface area contributed by atoms with Crippen LogP contribution in [0.15, 0.2) is 23.2 Å². The molecule has 0 saturated carbocycles. The summed E-state index contributed by atoms with van der Waals surface area (Å²) in [7, 11) is 0. The lowest BCUT2D eigenvalue weighted by molar-refractivity contribution is -0.121. The highest BCUT2D eigenvalue weighted by atomic mass is 35.5. The van der Waals surface area contributed by atoms with Gasteiger partial charge in [0.1, 0.15) is 11.1 Å². The number of benzene rings is 1. The summed E-state index contributed by atoms with van der Waals surface area (Å²) in [4.78, 5) is 40.2. The number of hydrogen-bond donors (Lipinski definition) is 3. The summed E-state index contributed by atoms with van der Waals surface area (Å²) < 4.78 is 5.19. The van der Waals surface area contributed by atoms with Gasteiger partial charge >= 0.3 is 6.09 Å². The fourth-order valence-corrected chi connectivity index (χ4v) is 2.92. The molecule has 0 unspecified atom stereocenters. The van der Waals surface area contributed by atoms with Crippen LogP contribution in [-0.4, -0.2) is 40.0 Å². The van der Waals surface area contributed by atoms with Gasteiger partial charge in [0, 0.05) is 5.69 Å². The van der Waals surface area contributed by atoms with Crippen LogP contribution < -0.4 is 16.0 Å². The molecule has 0 atom stereocenters. The Labute approximate surface area is 172 Å². The number of thioether (sulfide) groups is 1. The van der Waals surface area contributed by atoms with Gasteiger partial charge in [0.2, 0.25) is 11.8 Å². The van der Waals surface area contributed by atoms with Crippen LogP contribution in [0.3, 0.4) is 0 Å². The van der Waals surface area contributed by atoms with E-state index in [-0.39, 0.29) is 5.91 Å². The molecule has 28 heavy (non-hydrogen) atoms. The number of carbonyl (C=O) groups excluding carboxylic acids is 3. The van der Waals surface area contributed by atoms with Crippen molar-refractivity contribution in [2.45, 2.75) is 45.8 Å². The van der Waals surface area contributed by atoms with Gasteiger partial charge in [-0.05, 0) is 52.8 Å². The lowest BCUT2D eigenvalue weighted by Gasteiger charge is -2.27. The largest absolute Gasteiger partial charge is 0.444 e. The van der Waals surface area contributed by atoms with E-state index in [1.54, 1.807) is 52.8 Å². The topological polar surface area (TPSA) is 109 Å². The van der Waals surface area contributed by atoms with Gasteiger partial charge in [-0.1, -0.05) is 23.4 Å². The van der Waals surface area contributed by atoms with Crippen molar-refractivity contribution in [1.29, 1.82) is 0 Å². The molecule has 10 heteroatoms. The van der Waals surface area contributed by atoms with E-state index in [1.165, 1.54) is 11.8 Å². The summed E-state index contributed by atoms with van der Waals surface area (Å²) in [5.74, 6) is -0.264. The number of aliphatic imine (C=N–C) groups is 1. The van der Waals surface area contributed by atoms with Crippen molar-refractivity contribution >= 4 is 57.8 Å². The quantitative estimate of drug-likeness (QED) is 0.683. The molecule has 3 N–H and O–H groups in total. The Hall–Kier alpha value is -2.26. The third kappa shape index (κ3) is 6.42. The normalized spacial score (nSPS) is 15.9. The predicted molar refractivity (Wildman–Crippen MR) is 111 cm³/mol. The lowest BCUT2D eigenvalue weighted by atomic mass is 10.0. The van der Waals surface area contributed by atoms with E-state index in [1.807, 2.05) is 0 Å². The Morgan fingerprint density at radius 3 is 2.50 bits per heavy atom. The molecule has 1 aliphatic heterocycles. The van der Waals surface area contributed by atoms with Gasteiger partial charge in [0.15, 0.2) is 5.17 Å². The summed E-state index contributed by atoms with van der Waals surface area (Å²) in [6, 6.07) is 4.79. The Bertz CT molecular complexity index is 833. The third-order valence-corrected chi connectivity index (χ3v) is 4.59. The first-order valence-corrected chi connectivity index (χ1v) is 9.85. The first kappa shape index (κ1) is 22.0. The molecule has 0 aliphatic carbocycles. The molecule has 1 heterocycles. The van der Waals surface area contributed by atoms with Gasteiger partial charge < -0.3 is 20.7 Å². The fraction of sp³-hybridized carbons (Fsp3) is 0.444. The van der Waals surface area contributed by atoms with Crippen molar-refractivity contribution in [3.05, 3.63) is 23.2 Å². The predicted octanol–water partition coefficient (Wildman–Crippen LogP) is 3.43. The number of amidine groups is 1. The zero-order valence-corrected chi connectivity index (χ0v) is 17.9. The van der Waals surface area contributed by atoms with Gasteiger partial charge in [0.05, 0.1) is 16.5 Å². The Morgan fingerprint density at radius 2 is 1.93 bits per heavy atom. The van der Waals surface area contributed by atoms with Gasteiger partial charge in [0.25, 0.3) is 0 Å². The molecule has 0 spiro atoms. The zero-order valence-electron chi connectivity index (χ0n) is 16.3. The smallest absolute Gasteiger partial charge is 0.408 e. The van der Waals surface area contributed by atoms with Crippen LogP contribution in [0.5, 0.6) is 0 Å². The average Bonchev–Trinajstić information content (AvgIpc) is 2.93. The standard InChI is InChI=1S/C18H23ClN4O4S/c1-17(2,3)27-16(26)23-18(4,5)14(25)20-10-6-7-11(19)12(8-10)21-15-22-13(24)9-28-15/h6-8H,9H2,1-5H3,(H,20,25)(H,23,26)(H,21,22,24). The maximum atomic E-state index is 12.6. The molecule has 8 nitrogen and oxygen atoms in total. The van der Waals surface area contributed by atoms with Gasteiger partial charge in [-0.25, -0.2) is 9.79 Å². The molecule has 0 aromatic heterocycles. The number of ether oxygens (including phenoxy) is 1. The summed E-state index contributed by atoms with van der Waals surface area (Å²) >= 11 is 7.42. The van der Waals surface area contributed by atoms with Crippen molar-refractivity contribution in [2.24, 2.45) is 4.99 Å². The molecule has 1 aromatic rings. The number of amides is 3. The van der Waals surface area contributed by atoms with Crippen molar-refractivity contribution in [1.82, 2.24) is 10.6 Å². The van der Waals surface area contributed by atoms with Crippen LogP contribution in [0.25, 0.3) is 0 Å². The molecule has 1 saturated heterocycles. The minimum Gasteiger partial charge on any atom is -0.444 e. The maximum Gasteiger partial charge on any atom is 0.408 e. The van der Waals surface area contributed by atoms with E-state index in [9.17, 15) is 14.4 Å². The Morgan fingerprint density at radius 1 is 1.25 bits per heavy atom. The molecule has 1 fully saturated rings. The van der Waals surface area contributed by atoms with Crippen LogP contribution in [0.4, 0.5) is 16.2 Å². The Kier molecular flexibility index (Phi) is 6.61. The fourth-order valence-electron chi connectivity index (χ4n) is 2.07. The van der Waals surface area contributed by atoms with Gasteiger partial charge in [-0.15, -0.1) is 0 Å². The van der Waals surface area contributed by atoms with Gasteiger partial charge in [-0.2, -0.15) is 0 Å². The number of rotatable bonds is 4. The number of halogens is 1. The molecule has 152 valence electrons.